The van der Waals surface area contributed by atoms with E-state index in [1.807, 2.05) is 26.0 Å². The minimum atomic E-state index is -0.305. The highest BCUT2D eigenvalue weighted by Crippen LogP contribution is 2.24. The molecule has 0 aliphatic rings. The lowest BCUT2D eigenvalue weighted by molar-refractivity contribution is 0.229. The number of hydrogen-bond acceptors (Lipinski definition) is 2. The van der Waals surface area contributed by atoms with Crippen LogP contribution in [0.1, 0.15) is 18.1 Å². The van der Waals surface area contributed by atoms with Crippen LogP contribution < -0.4 is 10.6 Å². The van der Waals surface area contributed by atoms with Gasteiger partial charge in [-0.05, 0) is 44.0 Å². The summed E-state index contributed by atoms with van der Waals surface area (Å²) in [5.74, 6) is 0. The second kappa shape index (κ2) is 6.02. The molecule has 0 aromatic heterocycles. The average Bonchev–Trinajstić information content (AvgIpc) is 2.23. The maximum Gasteiger partial charge on any atom is 0.319 e. The molecular formula is C12H17BrN2O2. The fourth-order valence-corrected chi connectivity index (χ4v) is 2.21. The molecule has 0 aliphatic carbocycles. The summed E-state index contributed by atoms with van der Waals surface area (Å²) in [4.78, 5) is 11.6. The van der Waals surface area contributed by atoms with Crippen LogP contribution in [0.2, 0.25) is 0 Å². The van der Waals surface area contributed by atoms with Gasteiger partial charge in [-0.15, -0.1) is 0 Å². The quantitative estimate of drug-likeness (QED) is 0.803. The van der Waals surface area contributed by atoms with E-state index in [9.17, 15) is 4.79 Å². The molecule has 0 radical (unpaired) electrons. The van der Waals surface area contributed by atoms with Crippen molar-refractivity contribution < 1.29 is 9.90 Å². The summed E-state index contributed by atoms with van der Waals surface area (Å²) in [6.07, 6.45) is 0. The van der Waals surface area contributed by atoms with Crippen molar-refractivity contribution in [1.82, 2.24) is 5.32 Å². The molecule has 1 aromatic carbocycles. The highest BCUT2D eigenvalue weighted by molar-refractivity contribution is 9.10. The van der Waals surface area contributed by atoms with Gasteiger partial charge in [-0.3, -0.25) is 0 Å². The number of aryl methyl sites for hydroxylation is 2. The zero-order valence-corrected chi connectivity index (χ0v) is 11.8. The summed E-state index contributed by atoms with van der Waals surface area (Å²) < 4.78 is 0.988. The molecule has 0 saturated carbocycles. The molecule has 1 rings (SSSR count). The third-order valence-electron chi connectivity index (χ3n) is 2.39. The Bertz CT molecular complexity index is 398. The molecule has 2 amide bonds. The van der Waals surface area contributed by atoms with Crippen LogP contribution >= 0.6 is 15.9 Å². The van der Waals surface area contributed by atoms with Crippen molar-refractivity contribution in [3.05, 3.63) is 27.7 Å². The zero-order valence-electron chi connectivity index (χ0n) is 10.2. The van der Waals surface area contributed by atoms with Crippen LogP contribution in [0.4, 0.5) is 10.5 Å². The third kappa shape index (κ3) is 4.02. The van der Waals surface area contributed by atoms with Gasteiger partial charge < -0.3 is 15.7 Å². The fraction of sp³-hybridized carbons (Fsp3) is 0.417. The number of aliphatic hydroxyl groups is 1. The van der Waals surface area contributed by atoms with E-state index in [4.69, 9.17) is 5.11 Å². The van der Waals surface area contributed by atoms with Gasteiger partial charge in [0.2, 0.25) is 0 Å². The predicted molar refractivity (Wildman–Crippen MR) is 72.3 cm³/mol. The number of amides is 2. The number of nitrogens with one attached hydrogen (secondary N) is 2. The van der Waals surface area contributed by atoms with Crippen molar-refractivity contribution >= 4 is 27.6 Å². The van der Waals surface area contributed by atoms with Crippen LogP contribution in [-0.4, -0.2) is 23.8 Å². The molecule has 0 aliphatic heterocycles. The molecule has 1 atom stereocenters. The minimum Gasteiger partial charge on any atom is -0.394 e. The molecular weight excluding hydrogens is 284 g/mol. The summed E-state index contributed by atoms with van der Waals surface area (Å²) in [6.45, 7) is 5.53. The van der Waals surface area contributed by atoms with Gasteiger partial charge in [-0.1, -0.05) is 15.9 Å². The minimum absolute atomic E-state index is 0.0777. The van der Waals surface area contributed by atoms with E-state index < -0.39 is 0 Å². The number of urea groups is 1. The number of anilines is 1. The largest absolute Gasteiger partial charge is 0.394 e. The first-order valence-electron chi connectivity index (χ1n) is 5.39. The van der Waals surface area contributed by atoms with Gasteiger partial charge in [0.05, 0.1) is 12.6 Å². The van der Waals surface area contributed by atoms with Crippen LogP contribution in [0, 0.1) is 13.8 Å². The highest BCUT2D eigenvalue weighted by Gasteiger charge is 2.10. The Hall–Kier alpha value is -1.07. The lowest BCUT2D eigenvalue weighted by Gasteiger charge is -2.15. The van der Waals surface area contributed by atoms with E-state index >= 15 is 0 Å². The van der Waals surface area contributed by atoms with Crippen LogP contribution in [0.3, 0.4) is 0 Å². The van der Waals surface area contributed by atoms with E-state index in [0.717, 1.165) is 21.3 Å². The normalized spacial score (nSPS) is 12.1. The third-order valence-corrected chi connectivity index (χ3v) is 2.85. The van der Waals surface area contributed by atoms with E-state index in [2.05, 4.69) is 26.6 Å². The lowest BCUT2D eigenvalue weighted by Crippen LogP contribution is -2.38. The highest BCUT2D eigenvalue weighted by atomic mass is 79.9. The number of rotatable bonds is 3. The summed E-state index contributed by atoms with van der Waals surface area (Å²) in [7, 11) is 0. The first kappa shape index (κ1) is 14.0. The standard InChI is InChI=1S/C12H17BrN2O2/c1-7-4-10(13)5-8(2)11(7)15-12(17)14-9(3)6-16/h4-5,9,16H,6H2,1-3H3,(H2,14,15,17)/t9-/m0/s1. The Morgan fingerprint density at radius 1 is 1.41 bits per heavy atom. The Morgan fingerprint density at radius 3 is 2.41 bits per heavy atom. The van der Waals surface area contributed by atoms with Crippen molar-refractivity contribution in [2.45, 2.75) is 26.8 Å². The Labute approximate surface area is 110 Å². The first-order valence-corrected chi connectivity index (χ1v) is 6.18. The van der Waals surface area contributed by atoms with Crippen molar-refractivity contribution in [1.29, 1.82) is 0 Å². The summed E-state index contributed by atoms with van der Waals surface area (Å²) in [6, 6.07) is 3.32. The SMILES string of the molecule is Cc1cc(Br)cc(C)c1NC(=O)N[C@@H](C)CO. The van der Waals surface area contributed by atoms with Gasteiger partial charge in [0.25, 0.3) is 0 Å². The van der Waals surface area contributed by atoms with Crippen LogP contribution in [-0.2, 0) is 0 Å². The van der Waals surface area contributed by atoms with E-state index in [-0.39, 0.29) is 18.7 Å². The molecule has 17 heavy (non-hydrogen) atoms. The van der Waals surface area contributed by atoms with Gasteiger partial charge >= 0.3 is 6.03 Å². The van der Waals surface area contributed by atoms with E-state index in [1.165, 1.54) is 0 Å². The molecule has 0 unspecified atom stereocenters. The van der Waals surface area contributed by atoms with Crippen molar-refractivity contribution in [2.75, 3.05) is 11.9 Å². The van der Waals surface area contributed by atoms with Gasteiger partial charge in [0, 0.05) is 10.2 Å². The Morgan fingerprint density at radius 2 is 1.94 bits per heavy atom. The van der Waals surface area contributed by atoms with Crippen molar-refractivity contribution in [3.8, 4) is 0 Å². The molecule has 4 nitrogen and oxygen atoms in total. The van der Waals surface area contributed by atoms with Crippen LogP contribution in [0.25, 0.3) is 0 Å². The number of hydrogen-bond donors (Lipinski definition) is 3. The lowest BCUT2D eigenvalue weighted by atomic mass is 10.1. The molecule has 3 N–H and O–H groups in total. The van der Waals surface area contributed by atoms with Crippen molar-refractivity contribution in [2.24, 2.45) is 0 Å². The molecule has 94 valence electrons. The first-order chi connectivity index (χ1) is 7.93. The number of carbonyl (C=O) groups is 1. The van der Waals surface area contributed by atoms with E-state index in [1.54, 1.807) is 6.92 Å². The van der Waals surface area contributed by atoms with Crippen molar-refractivity contribution in [3.63, 3.8) is 0 Å². The fourth-order valence-electron chi connectivity index (χ4n) is 1.53. The molecule has 0 heterocycles. The molecule has 0 spiro atoms. The maximum atomic E-state index is 11.6. The predicted octanol–water partition coefficient (Wildman–Crippen LogP) is 2.57. The topological polar surface area (TPSA) is 61.4 Å². The van der Waals surface area contributed by atoms with Gasteiger partial charge in [-0.2, -0.15) is 0 Å². The number of carbonyl (C=O) groups excluding carboxylic acids is 1. The molecule has 5 heteroatoms. The monoisotopic (exact) mass is 300 g/mol. The Balaban J connectivity index is 2.78. The molecule has 0 bridgehead atoms. The Kier molecular flexibility index (Phi) is 4.96. The molecule has 0 fully saturated rings. The van der Waals surface area contributed by atoms with E-state index in [0.29, 0.717) is 0 Å². The van der Waals surface area contributed by atoms with Crippen LogP contribution in [0.15, 0.2) is 16.6 Å². The second-order valence-corrected chi connectivity index (χ2v) is 5.01. The van der Waals surface area contributed by atoms with Gasteiger partial charge in [-0.25, -0.2) is 4.79 Å². The molecule has 0 saturated heterocycles. The summed E-state index contributed by atoms with van der Waals surface area (Å²) in [5.41, 5.74) is 2.78. The number of halogens is 1. The molecule has 1 aromatic rings. The average molecular weight is 301 g/mol. The smallest absolute Gasteiger partial charge is 0.319 e. The maximum absolute atomic E-state index is 11.6. The summed E-state index contributed by atoms with van der Waals surface area (Å²) in [5, 5.41) is 14.3. The number of aliphatic hydroxyl groups excluding tert-OH is 1. The van der Waals surface area contributed by atoms with Gasteiger partial charge in [0.15, 0.2) is 0 Å². The van der Waals surface area contributed by atoms with Gasteiger partial charge in [0.1, 0.15) is 0 Å². The zero-order chi connectivity index (χ0) is 13.0. The second-order valence-electron chi connectivity index (χ2n) is 4.10. The number of benzene rings is 1. The van der Waals surface area contributed by atoms with Crippen LogP contribution in [0.5, 0.6) is 0 Å². The summed E-state index contributed by atoms with van der Waals surface area (Å²) >= 11 is 3.40.